The minimum absolute atomic E-state index is 0.0190. The predicted octanol–water partition coefficient (Wildman–Crippen LogP) is 2.48. The Kier molecular flexibility index (Phi) is 4.46. The van der Waals surface area contributed by atoms with Crippen LogP contribution >= 0.6 is 0 Å². The molecule has 0 aliphatic heterocycles. The number of hydrogen-bond donors (Lipinski definition) is 2. The second-order valence-corrected chi connectivity index (χ2v) is 5.19. The van der Waals surface area contributed by atoms with Crippen molar-refractivity contribution in [2.24, 2.45) is 11.8 Å². The summed E-state index contributed by atoms with van der Waals surface area (Å²) in [5, 5.41) is 19.5. The molecule has 0 radical (unpaired) electrons. The summed E-state index contributed by atoms with van der Waals surface area (Å²) >= 11 is 0. The number of hydrogen-bond acceptors (Lipinski definition) is 2. The van der Waals surface area contributed by atoms with Crippen LogP contribution in [0.1, 0.15) is 26.3 Å². The lowest BCUT2D eigenvalue weighted by Crippen LogP contribution is -2.44. The third-order valence-corrected chi connectivity index (χ3v) is 3.11. The highest BCUT2D eigenvalue weighted by atomic mass is 19.1. The molecule has 0 heterocycles. The predicted molar refractivity (Wildman–Crippen MR) is 66.7 cm³/mol. The molecule has 0 fully saturated rings. The standard InChI is InChI=1S/C14H19FO3/c1-9(2)12(13(16)17)14(3,18)8-10-6-4-5-7-11(10)15/h4-7,9,12,18H,8H2,1-3H3,(H,16,17). The van der Waals surface area contributed by atoms with E-state index in [1.54, 1.807) is 32.0 Å². The summed E-state index contributed by atoms with van der Waals surface area (Å²) in [6, 6.07) is 6.09. The first-order chi connectivity index (χ1) is 8.25. The molecular weight excluding hydrogens is 235 g/mol. The first-order valence-electron chi connectivity index (χ1n) is 5.94. The van der Waals surface area contributed by atoms with E-state index in [-0.39, 0.29) is 12.3 Å². The van der Waals surface area contributed by atoms with Gasteiger partial charge in [0.25, 0.3) is 0 Å². The molecule has 0 spiro atoms. The molecule has 100 valence electrons. The number of carbonyl (C=O) groups is 1. The Bertz CT molecular complexity index is 427. The lowest BCUT2D eigenvalue weighted by atomic mass is 9.77. The Morgan fingerprint density at radius 1 is 1.39 bits per heavy atom. The quantitative estimate of drug-likeness (QED) is 0.848. The van der Waals surface area contributed by atoms with Gasteiger partial charge in [0.05, 0.1) is 11.5 Å². The molecule has 0 aromatic heterocycles. The van der Waals surface area contributed by atoms with Crippen molar-refractivity contribution in [1.29, 1.82) is 0 Å². The Labute approximate surface area is 106 Å². The maximum atomic E-state index is 13.5. The van der Waals surface area contributed by atoms with E-state index in [0.29, 0.717) is 5.56 Å². The monoisotopic (exact) mass is 254 g/mol. The smallest absolute Gasteiger partial charge is 0.309 e. The topological polar surface area (TPSA) is 57.5 Å². The van der Waals surface area contributed by atoms with Gasteiger partial charge in [-0.1, -0.05) is 32.0 Å². The van der Waals surface area contributed by atoms with Crippen molar-refractivity contribution in [3.05, 3.63) is 35.6 Å². The maximum absolute atomic E-state index is 13.5. The lowest BCUT2D eigenvalue weighted by molar-refractivity contribution is -0.154. The van der Waals surface area contributed by atoms with Crippen molar-refractivity contribution in [1.82, 2.24) is 0 Å². The van der Waals surface area contributed by atoms with E-state index in [9.17, 15) is 19.4 Å². The zero-order valence-electron chi connectivity index (χ0n) is 10.9. The summed E-state index contributed by atoms with van der Waals surface area (Å²) < 4.78 is 13.5. The van der Waals surface area contributed by atoms with Crippen LogP contribution in [0.3, 0.4) is 0 Å². The van der Waals surface area contributed by atoms with Crippen LogP contribution in [0.25, 0.3) is 0 Å². The van der Waals surface area contributed by atoms with Gasteiger partial charge in [0.2, 0.25) is 0 Å². The number of rotatable bonds is 5. The van der Waals surface area contributed by atoms with Crippen LogP contribution in [0.4, 0.5) is 4.39 Å². The van der Waals surface area contributed by atoms with Gasteiger partial charge in [0, 0.05) is 6.42 Å². The van der Waals surface area contributed by atoms with E-state index in [4.69, 9.17) is 0 Å². The summed E-state index contributed by atoms with van der Waals surface area (Å²) in [7, 11) is 0. The van der Waals surface area contributed by atoms with Crippen molar-refractivity contribution < 1.29 is 19.4 Å². The summed E-state index contributed by atoms with van der Waals surface area (Å²) in [5.74, 6) is -2.65. The molecular formula is C14H19FO3. The van der Waals surface area contributed by atoms with Gasteiger partial charge in [-0.3, -0.25) is 4.79 Å². The van der Waals surface area contributed by atoms with Gasteiger partial charge in [-0.15, -0.1) is 0 Å². The second kappa shape index (κ2) is 5.48. The fourth-order valence-electron chi connectivity index (χ4n) is 2.41. The number of halogens is 1. The molecule has 2 unspecified atom stereocenters. The molecule has 4 heteroatoms. The van der Waals surface area contributed by atoms with Crippen LogP contribution in [-0.4, -0.2) is 21.8 Å². The molecule has 2 atom stereocenters. The summed E-state index contributed by atoms with van der Waals surface area (Å²) in [6.45, 7) is 4.90. The van der Waals surface area contributed by atoms with E-state index in [0.717, 1.165) is 0 Å². The van der Waals surface area contributed by atoms with Gasteiger partial charge < -0.3 is 10.2 Å². The second-order valence-electron chi connectivity index (χ2n) is 5.19. The van der Waals surface area contributed by atoms with Gasteiger partial charge in [-0.2, -0.15) is 0 Å². The van der Waals surface area contributed by atoms with Gasteiger partial charge in [-0.25, -0.2) is 4.39 Å². The average molecular weight is 254 g/mol. The molecule has 0 bridgehead atoms. The van der Waals surface area contributed by atoms with Crippen molar-refractivity contribution in [2.75, 3.05) is 0 Å². The van der Waals surface area contributed by atoms with Gasteiger partial charge in [0.15, 0.2) is 0 Å². The Hall–Kier alpha value is -1.42. The van der Waals surface area contributed by atoms with E-state index in [1.807, 2.05) is 0 Å². The SMILES string of the molecule is CC(C)C(C(=O)O)C(C)(O)Cc1ccccc1F. The molecule has 0 aliphatic rings. The Morgan fingerprint density at radius 2 is 1.94 bits per heavy atom. The van der Waals surface area contributed by atoms with Gasteiger partial charge >= 0.3 is 5.97 Å². The van der Waals surface area contributed by atoms with Crippen LogP contribution in [0.2, 0.25) is 0 Å². The molecule has 0 aliphatic carbocycles. The van der Waals surface area contributed by atoms with Crippen LogP contribution in [0, 0.1) is 17.7 Å². The summed E-state index contributed by atoms with van der Waals surface area (Å²) in [4.78, 5) is 11.2. The number of aliphatic hydroxyl groups is 1. The molecule has 1 rings (SSSR count). The highest BCUT2D eigenvalue weighted by Crippen LogP contribution is 2.29. The molecule has 1 aromatic carbocycles. The molecule has 0 amide bonds. The minimum atomic E-state index is -1.48. The zero-order valence-corrected chi connectivity index (χ0v) is 10.9. The Balaban J connectivity index is 2.99. The normalized spacial score (nSPS) is 16.3. The van der Waals surface area contributed by atoms with Crippen LogP contribution in [0.5, 0.6) is 0 Å². The lowest BCUT2D eigenvalue weighted by Gasteiger charge is -2.32. The number of carboxylic acids is 1. The molecule has 0 saturated carbocycles. The third-order valence-electron chi connectivity index (χ3n) is 3.11. The third kappa shape index (κ3) is 3.29. The number of benzene rings is 1. The maximum Gasteiger partial charge on any atom is 0.309 e. The highest BCUT2D eigenvalue weighted by Gasteiger charge is 2.40. The first-order valence-corrected chi connectivity index (χ1v) is 5.94. The van der Waals surface area contributed by atoms with Crippen LogP contribution < -0.4 is 0 Å². The van der Waals surface area contributed by atoms with E-state index >= 15 is 0 Å². The fourth-order valence-corrected chi connectivity index (χ4v) is 2.41. The average Bonchev–Trinajstić information content (AvgIpc) is 2.19. The summed E-state index contributed by atoms with van der Waals surface area (Å²) in [6.07, 6.45) is -0.0190. The summed E-state index contributed by atoms with van der Waals surface area (Å²) in [5.41, 5.74) is -1.16. The van der Waals surface area contributed by atoms with Crippen LogP contribution in [-0.2, 0) is 11.2 Å². The fraction of sp³-hybridized carbons (Fsp3) is 0.500. The van der Waals surface area contributed by atoms with Crippen LogP contribution in [0.15, 0.2) is 24.3 Å². The van der Waals surface area contributed by atoms with Gasteiger partial charge in [0.1, 0.15) is 5.82 Å². The largest absolute Gasteiger partial charge is 0.481 e. The van der Waals surface area contributed by atoms with Crippen molar-refractivity contribution >= 4 is 5.97 Å². The molecule has 3 nitrogen and oxygen atoms in total. The van der Waals surface area contributed by atoms with E-state index in [1.165, 1.54) is 13.0 Å². The minimum Gasteiger partial charge on any atom is -0.481 e. The highest BCUT2D eigenvalue weighted by molar-refractivity contribution is 5.71. The number of aliphatic carboxylic acids is 1. The number of carboxylic acid groups (broad SMARTS) is 1. The molecule has 1 aromatic rings. The van der Waals surface area contributed by atoms with E-state index in [2.05, 4.69) is 0 Å². The zero-order chi connectivity index (χ0) is 13.9. The first kappa shape index (κ1) is 14.6. The molecule has 2 N–H and O–H groups in total. The van der Waals surface area contributed by atoms with Crippen molar-refractivity contribution in [2.45, 2.75) is 32.8 Å². The van der Waals surface area contributed by atoms with E-state index < -0.39 is 23.3 Å². The van der Waals surface area contributed by atoms with Crippen molar-refractivity contribution in [3.63, 3.8) is 0 Å². The molecule has 18 heavy (non-hydrogen) atoms. The van der Waals surface area contributed by atoms with Crippen molar-refractivity contribution in [3.8, 4) is 0 Å². The molecule has 0 saturated heterocycles. The van der Waals surface area contributed by atoms with Gasteiger partial charge in [-0.05, 0) is 24.5 Å². The Morgan fingerprint density at radius 3 is 2.39 bits per heavy atom.